The SMILES string of the molecule is CCCNC(=O)CNc1cnn(CCOC)c(=O)c1Cl. The van der Waals surface area contributed by atoms with E-state index in [1.54, 1.807) is 0 Å². The molecule has 0 saturated heterocycles. The summed E-state index contributed by atoms with van der Waals surface area (Å²) in [5, 5.41) is 9.48. The zero-order valence-corrected chi connectivity index (χ0v) is 12.4. The van der Waals surface area contributed by atoms with Gasteiger partial charge in [0, 0.05) is 13.7 Å². The Morgan fingerprint density at radius 2 is 2.30 bits per heavy atom. The smallest absolute Gasteiger partial charge is 0.287 e. The summed E-state index contributed by atoms with van der Waals surface area (Å²) in [4.78, 5) is 23.3. The second-order valence-corrected chi connectivity index (χ2v) is 4.47. The van der Waals surface area contributed by atoms with Gasteiger partial charge in [-0.3, -0.25) is 9.59 Å². The average Bonchev–Trinajstić information content (AvgIpc) is 2.45. The highest BCUT2D eigenvalue weighted by Crippen LogP contribution is 2.14. The fraction of sp³-hybridized carbons (Fsp3) is 0.583. The number of rotatable bonds is 8. The van der Waals surface area contributed by atoms with Crippen LogP contribution in [0, 0.1) is 0 Å². The van der Waals surface area contributed by atoms with Gasteiger partial charge in [-0.1, -0.05) is 18.5 Å². The van der Waals surface area contributed by atoms with Crippen molar-refractivity contribution in [2.24, 2.45) is 0 Å². The lowest BCUT2D eigenvalue weighted by molar-refractivity contribution is -0.119. The van der Waals surface area contributed by atoms with Gasteiger partial charge in [0.1, 0.15) is 5.02 Å². The minimum Gasteiger partial charge on any atom is -0.383 e. The molecule has 0 atom stereocenters. The molecule has 0 aliphatic carbocycles. The molecule has 1 aromatic rings. The number of carbonyl (C=O) groups is 1. The number of carbonyl (C=O) groups excluding carboxylic acids is 1. The molecule has 0 unspecified atom stereocenters. The van der Waals surface area contributed by atoms with Crippen LogP contribution in [0.5, 0.6) is 0 Å². The molecule has 0 bridgehead atoms. The number of aromatic nitrogens is 2. The number of anilines is 1. The largest absolute Gasteiger partial charge is 0.383 e. The molecule has 0 aliphatic rings. The first kappa shape index (κ1) is 16.5. The van der Waals surface area contributed by atoms with Gasteiger partial charge in [-0.15, -0.1) is 0 Å². The predicted molar refractivity (Wildman–Crippen MR) is 77.2 cm³/mol. The summed E-state index contributed by atoms with van der Waals surface area (Å²) in [6.45, 7) is 3.32. The van der Waals surface area contributed by atoms with Gasteiger partial charge in [0.2, 0.25) is 5.91 Å². The van der Waals surface area contributed by atoms with Crippen molar-refractivity contribution >= 4 is 23.2 Å². The van der Waals surface area contributed by atoms with Crippen LogP contribution >= 0.6 is 11.6 Å². The molecule has 8 heteroatoms. The van der Waals surface area contributed by atoms with Crippen molar-refractivity contribution in [3.63, 3.8) is 0 Å². The van der Waals surface area contributed by atoms with Crippen LogP contribution in [-0.2, 0) is 16.1 Å². The summed E-state index contributed by atoms with van der Waals surface area (Å²) in [6, 6.07) is 0. The molecule has 0 saturated carbocycles. The van der Waals surface area contributed by atoms with E-state index in [9.17, 15) is 9.59 Å². The number of hydrogen-bond acceptors (Lipinski definition) is 5. The maximum atomic E-state index is 11.9. The third-order valence-electron chi connectivity index (χ3n) is 2.50. The summed E-state index contributed by atoms with van der Waals surface area (Å²) in [5.41, 5.74) is -0.0698. The van der Waals surface area contributed by atoms with Gasteiger partial charge < -0.3 is 15.4 Å². The molecular weight excluding hydrogens is 284 g/mol. The molecule has 1 aromatic heterocycles. The normalized spacial score (nSPS) is 10.3. The van der Waals surface area contributed by atoms with Crippen LogP contribution in [-0.4, -0.2) is 42.5 Å². The molecule has 0 spiro atoms. The molecule has 0 fully saturated rings. The molecule has 1 amide bonds. The van der Waals surface area contributed by atoms with Crippen LogP contribution in [0.3, 0.4) is 0 Å². The van der Waals surface area contributed by atoms with E-state index in [1.807, 2.05) is 6.92 Å². The minimum absolute atomic E-state index is 0.0133. The number of nitrogens with zero attached hydrogens (tertiary/aromatic N) is 2. The topological polar surface area (TPSA) is 85.2 Å². The van der Waals surface area contributed by atoms with E-state index in [2.05, 4.69) is 15.7 Å². The summed E-state index contributed by atoms with van der Waals surface area (Å²) in [5.74, 6) is -0.161. The van der Waals surface area contributed by atoms with E-state index in [-0.39, 0.29) is 17.5 Å². The summed E-state index contributed by atoms with van der Waals surface area (Å²) in [7, 11) is 1.54. The molecule has 112 valence electrons. The molecule has 0 aliphatic heterocycles. The lowest BCUT2D eigenvalue weighted by Gasteiger charge is -2.10. The predicted octanol–water partition coefficient (Wildman–Crippen LogP) is 0.481. The highest BCUT2D eigenvalue weighted by molar-refractivity contribution is 6.33. The average molecular weight is 303 g/mol. The number of ether oxygens (including phenoxy) is 1. The molecule has 1 heterocycles. The number of amides is 1. The van der Waals surface area contributed by atoms with Crippen molar-refractivity contribution in [3.8, 4) is 0 Å². The standard InChI is InChI=1S/C12H19ClN4O3/c1-3-4-14-10(18)8-15-9-7-16-17(5-6-20-2)12(19)11(9)13/h7,15H,3-6,8H2,1-2H3,(H,14,18). The Labute approximate surface area is 122 Å². The highest BCUT2D eigenvalue weighted by atomic mass is 35.5. The van der Waals surface area contributed by atoms with Crippen molar-refractivity contribution < 1.29 is 9.53 Å². The van der Waals surface area contributed by atoms with Crippen LogP contribution in [0.4, 0.5) is 5.69 Å². The van der Waals surface area contributed by atoms with Crippen LogP contribution in [0.15, 0.2) is 11.0 Å². The number of halogens is 1. The number of nitrogens with one attached hydrogen (secondary N) is 2. The fourth-order valence-corrected chi connectivity index (χ4v) is 1.64. The molecule has 1 rings (SSSR count). The summed E-state index contributed by atoms with van der Waals surface area (Å²) in [6.07, 6.45) is 2.29. The van der Waals surface area contributed by atoms with Crippen molar-refractivity contribution in [1.82, 2.24) is 15.1 Å². The second kappa shape index (κ2) is 8.55. The monoisotopic (exact) mass is 302 g/mol. The highest BCUT2D eigenvalue weighted by Gasteiger charge is 2.10. The maximum Gasteiger partial charge on any atom is 0.287 e. The lowest BCUT2D eigenvalue weighted by Crippen LogP contribution is -2.31. The van der Waals surface area contributed by atoms with Crippen LogP contribution < -0.4 is 16.2 Å². The Morgan fingerprint density at radius 3 is 2.95 bits per heavy atom. The van der Waals surface area contributed by atoms with Gasteiger partial charge in [-0.05, 0) is 6.42 Å². The molecular formula is C12H19ClN4O3. The third kappa shape index (κ3) is 4.82. The summed E-state index contributed by atoms with van der Waals surface area (Å²) < 4.78 is 6.09. The number of methoxy groups -OCH3 is 1. The Bertz CT molecular complexity index is 504. The van der Waals surface area contributed by atoms with E-state index in [1.165, 1.54) is 18.0 Å². The molecule has 0 radical (unpaired) electrons. The van der Waals surface area contributed by atoms with Crippen LogP contribution in [0.2, 0.25) is 5.02 Å². The van der Waals surface area contributed by atoms with Crippen molar-refractivity contribution in [2.75, 3.05) is 32.1 Å². The molecule has 20 heavy (non-hydrogen) atoms. The van der Waals surface area contributed by atoms with Crippen molar-refractivity contribution in [3.05, 3.63) is 21.6 Å². The quantitative estimate of drug-likeness (QED) is 0.729. The van der Waals surface area contributed by atoms with E-state index in [0.717, 1.165) is 6.42 Å². The zero-order valence-electron chi connectivity index (χ0n) is 11.6. The number of hydrogen-bond donors (Lipinski definition) is 2. The van der Waals surface area contributed by atoms with E-state index >= 15 is 0 Å². The van der Waals surface area contributed by atoms with Gasteiger partial charge in [-0.25, -0.2) is 4.68 Å². The van der Waals surface area contributed by atoms with Crippen LogP contribution in [0.1, 0.15) is 13.3 Å². The zero-order chi connectivity index (χ0) is 15.0. The van der Waals surface area contributed by atoms with Gasteiger partial charge >= 0.3 is 0 Å². The minimum atomic E-state index is -0.414. The lowest BCUT2D eigenvalue weighted by atomic mass is 10.4. The summed E-state index contributed by atoms with van der Waals surface area (Å²) >= 11 is 5.96. The first-order chi connectivity index (χ1) is 9.60. The molecule has 7 nitrogen and oxygen atoms in total. The Balaban J connectivity index is 2.66. The maximum absolute atomic E-state index is 11.9. The van der Waals surface area contributed by atoms with Gasteiger partial charge in [-0.2, -0.15) is 5.10 Å². The van der Waals surface area contributed by atoms with E-state index in [4.69, 9.17) is 16.3 Å². The first-order valence-corrected chi connectivity index (χ1v) is 6.73. The Kier molecular flexibility index (Phi) is 7.03. The first-order valence-electron chi connectivity index (χ1n) is 6.35. The molecule has 0 aromatic carbocycles. The van der Waals surface area contributed by atoms with E-state index in [0.29, 0.717) is 25.4 Å². The van der Waals surface area contributed by atoms with Gasteiger partial charge in [0.25, 0.3) is 5.56 Å². The Hall–Kier alpha value is -1.60. The molecule has 2 N–H and O–H groups in total. The van der Waals surface area contributed by atoms with Crippen molar-refractivity contribution in [1.29, 1.82) is 0 Å². The Morgan fingerprint density at radius 1 is 1.55 bits per heavy atom. The third-order valence-corrected chi connectivity index (χ3v) is 2.87. The van der Waals surface area contributed by atoms with Crippen LogP contribution in [0.25, 0.3) is 0 Å². The van der Waals surface area contributed by atoms with Gasteiger partial charge in [0.05, 0.1) is 31.6 Å². The second-order valence-electron chi connectivity index (χ2n) is 4.10. The van der Waals surface area contributed by atoms with E-state index < -0.39 is 5.56 Å². The van der Waals surface area contributed by atoms with Gasteiger partial charge in [0.15, 0.2) is 0 Å². The van der Waals surface area contributed by atoms with Crippen molar-refractivity contribution in [2.45, 2.75) is 19.9 Å². The fourth-order valence-electron chi connectivity index (χ4n) is 1.43.